The van der Waals surface area contributed by atoms with Crippen LogP contribution in [0.15, 0.2) is 64.9 Å². The van der Waals surface area contributed by atoms with Crippen LogP contribution in [0.2, 0.25) is 0 Å². The third-order valence-corrected chi connectivity index (χ3v) is 7.66. The van der Waals surface area contributed by atoms with Gasteiger partial charge in [0.2, 0.25) is 0 Å². The maximum absolute atomic E-state index is 12.8. The molecule has 1 aliphatic heterocycles. The first-order chi connectivity index (χ1) is 15.4. The van der Waals surface area contributed by atoms with Gasteiger partial charge in [-0.1, -0.05) is 29.8 Å². The largest absolute Gasteiger partial charge is 0.378 e. The lowest BCUT2D eigenvalue weighted by atomic mass is 10.2. The average molecular weight is 472 g/mol. The SMILES string of the molecule is Cc1ccc(NS(=O)(=O)c2ccsc2C(=O)NCc2ccc(N3CCOCC3)cc2)cc1. The predicted molar refractivity (Wildman–Crippen MR) is 127 cm³/mol. The summed E-state index contributed by atoms with van der Waals surface area (Å²) in [5.74, 6) is -0.415. The quantitative estimate of drug-likeness (QED) is 0.550. The molecule has 0 aliphatic carbocycles. The summed E-state index contributed by atoms with van der Waals surface area (Å²) in [6.45, 7) is 5.41. The van der Waals surface area contributed by atoms with Crippen molar-refractivity contribution in [2.45, 2.75) is 18.4 Å². The van der Waals surface area contributed by atoms with E-state index in [1.54, 1.807) is 17.5 Å². The molecule has 1 amide bonds. The van der Waals surface area contributed by atoms with E-state index < -0.39 is 15.9 Å². The van der Waals surface area contributed by atoms with Gasteiger partial charge in [0, 0.05) is 31.0 Å². The van der Waals surface area contributed by atoms with Crippen LogP contribution in [0.1, 0.15) is 20.8 Å². The van der Waals surface area contributed by atoms with Gasteiger partial charge in [-0.15, -0.1) is 11.3 Å². The highest BCUT2D eigenvalue weighted by molar-refractivity contribution is 7.93. The minimum atomic E-state index is -3.88. The van der Waals surface area contributed by atoms with Gasteiger partial charge in [-0.25, -0.2) is 8.42 Å². The number of nitrogens with zero attached hydrogens (tertiary/aromatic N) is 1. The van der Waals surface area contributed by atoms with E-state index in [1.165, 1.54) is 6.07 Å². The fourth-order valence-corrected chi connectivity index (χ4v) is 5.82. The van der Waals surface area contributed by atoms with Gasteiger partial charge in [0.25, 0.3) is 15.9 Å². The Hall–Kier alpha value is -2.88. The summed E-state index contributed by atoms with van der Waals surface area (Å²) >= 11 is 1.10. The Morgan fingerprint density at radius 3 is 2.41 bits per heavy atom. The number of nitrogens with one attached hydrogen (secondary N) is 2. The molecule has 2 aromatic carbocycles. The molecular formula is C23H25N3O4S2. The molecular weight excluding hydrogens is 446 g/mol. The maximum atomic E-state index is 12.8. The van der Waals surface area contributed by atoms with Crippen LogP contribution in [0.25, 0.3) is 0 Å². The van der Waals surface area contributed by atoms with Crippen molar-refractivity contribution in [2.24, 2.45) is 0 Å². The van der Waals surface area contributed by atoms with Crippen molar-refractivity contribution < 1.29 is 17.9 Å². The van der Waals surface area contributed by atoms with Crippen LogP contribution >= 0.6 is 11.3 Å². The highest BCUT2D eigenvalue weighted by Crippen LogP contribution is 2.25. The van der Waals surface area contributed by atoms with E-state index in [-0.39, 0.29) is 9.77 Å². The fraction of sp³-hybridized carbons (Fsp3) is 0.261. The molecule has 9 heteroatoms. The summed E-state index contributed by atoms with van der Waals surface area (Å²) in [6, 6.07) is 16.5. The fourth-order valence-electron chi connectivity index (χ4n) is 3.42. The molecule has 2 N–H and O–H groups in total. The predicted octanol–water partition coefficient (Wildman–Crippen LogP) is 3.62. The molecule has 0 bridgehead atoms. The van der Waals surface area contributed by atoms with Crippen LogP contribution in [0.3, 0.4) is 0 Å². The Morgan fingerprint density at radius 1 is 1.03 bits per heavy atom. The van der Waals surface area contributed by atoms with E-state index in [4.69, 9.17) is 4.74 Å². The van der Waals surface area contributed by atoms with Crippen molar-refractivity contribution in [1.82, 2.24) is 5.32 Å². The van der Waals surface area contributed by atoms with Gasteiger partial charge >= 0.3 is 0 Å². The highest BCUT2D eigenvalue weighted by atomic mass is 32.2. The molecule has 4 rings (SSSR count). The molecule has 0 saturated carbocycles. The van der Waals surface area contributed by atoms with Gasteiger partial charge in [-0.05, 0) is 48.2 Å². The molecule has 168 valence electrons. The molecule has 1 aliphatic rings. The van der Waals surface area contributed by atoms with Crippen molar-refractivity contribution in [3.05, 3.63) is 76.0 Å². The van der Waals surface area contributed by atoms with Crippen LogP contribution in [0.4, 0.5) is 11.4 Å². The normalized spacial score (nSPS) is 14.2. The van der Waals surface area contributed by atoms with Crippen LogP contribution in [-0.2, 0) is 21.3 Å². The number of hydrogen-bond donors (Lipinski definition) is 2. The monoisotopic (exact) mass is 471 g/mol. The summed E-state index contributed by atoms with van der Waals surface area (Å²) in [7, 11) is -3.88. The summed E-state index contributed by atoms with van der Waals surface area (Å²) in [5, 5.41) is 4.44. The molecule has 1 aromatic heterocycles. The van der Waals surface area contributed by atoms with Gasteiger partial charge in [-0.3, -0.25) is 9.52 Å². The lowest BCUT2D eigenvalue weighted by Crippen LogP contribution is -2.36. The first-order valence-corrected chi connectivity index (χ1v) is 12.7. The summed E-state index contributed by atoms with van der Waals surface area (Å²) in [4.78, 5) is 15.1. The molecule has 1 fully saturated rings. The molecule has 2 heterocycles. The van der Waals surface area contributed by atoms with Gasteiger partial charge < -0.3 is 15.0 Å². The zero-order chi connectivity index (χ0) is 22.6. The van der Waals surface area contributed by atoms with Crippen LogP contribution in [-0.4, -0.2) is 40.6 Å². The van der Waals surface area contributed by atoms with Crippen molar-refractivity contribution in [3.63, 3.8) is 0 Å². The standard InChI is InChI=1S/C23H25N3O4S2/c1-17-2-6-19(7-3-17)25-32(28,29)21-10-15-31-22(21)23(27)24-16-18-4-8-20(9-5-18)26-11-13-30-14-12-26/h2-10,15,25H,11-14,16H2,1H3,(H,24,27). The van der Waals surface area contributed by atoms with Crippen molar-refractivity contribution >= 4 is 38.6 Å². The molecule has 0 unspecified atom stereocenters. The number of carbonyl (C=O) groups is 1. The first kappa shape index (κ1) is 22.3. The van der Waals surface area contributed by atoms with Gasteiger partial charge in [-0.2, -0.15) is 0 Å². The zero-order valence-electron chi connectivity index (χ0n) is 17.7. The van der Waals surface area contributed by atoms with Crippen LogP contribution in [0.5, 0.6) is 0 Å². The second-order valence-corrected chi connectivity index (χ2v) is 10.1. The molecule has 0 spiro atoms. The molecule has 0 radical (unpaired) electrons. The number of aryl methyl sites for hydroxylation is 1. The minimum Gasteiger partial charge on any atom is -0.378 e. The number of ether oxygens (including phenoxy) is 1. The number of hydrogen-bond acceptors (Lipinski definition) is 6. The highest BCUT2D eigenvalue weighted by Gasteiger charge is 2.24. The Kier molecular flexibility index (Phi) is 6.78. The van der Waals surface area contributed by atoms with E-state index in [2.05, 4.69) is 14.9 Å². The van der Waals surface area contributed by atoms with Gasteiger partial charge in [0.05, 0.1) is 13.2 Å². The maximum Gasteiger partial charge on any atom is 0.263 e. The first-order valence-electron chi connectivity index (χ1n) is 10.3. The number of amides is 1. The molecule has 3 aromatic rings. The smallest absolute Gasteiger partial charge is 0.263 e. The Labute approximate surface area is 192 Å². The number of rotatable bonds is 7. The molecule has 0 atom stereocenters. The number of sulfonamides is 1. The van der Waals surface area contributed by atoms with Gasteiger partial charge in [0.15, 0.2) is 0 Å². The summed E-state index contributed by atoms with van der Waals surface area (Å²) < 4.78 is 33.6. The van der Waals surface area contributed by atoms with Crippen molar-refractivity contribution in [1.29, 1.82) is 0 Å². The second-order valence-electron chi connectivity index (χ2n) is 7.53. The number of benzene rings is 2. The van der Waals surface area contributed by atoms with Crippen LogP contribution < -0.4 is 14.9 Å². The van der Waals surface area contributed by atoms with E-state index in [9.17, 15) is 13.2 Å². The second kappa shape index (κ2) is 9.72. The van der Waals surface area contributed by atoms with Crippen molar-refractivity contribution in [3.8, 4) is 0 Å². The number of morpholine rings is 1. The zero-order valence-corrected chi connectivity index (χ0v) is 19.3. The Bertz CT molecular complexity index is 1170. The number of thiophene rings is 1. The molecule has 1 saturated heterocycles. The summed E-state index contributed by atoms with van der Waals surface area (Å²) in [5.41, 5.74) is 3.54. The molecule has 32 heavy (non-hydrogen) atoms. The van der Waals surface area contributed by atoms with E-state index >= 15 is 0 Å². The van der Waals surface area contributed by atoms with Crippen molar-refractivity contribution in [2.75, 3.05) is 35.9 Å². The molecule has 7 nitrogen and oxygen atoms in total. The average Bonchev–Trinajstić information content (AvgIpc) is 3.31. The third kappa shape index (κ3) is 5.29. The Morgan fingerprint density at radius 2 is 1.72 bits per heavy atom. The number of anilines is 2. The number of carbonyl (C=O) groups excluding carboxylic acids is 1. The van der Waals surface area contributed by atoms with Gasteiger partial charge in [0.1, 0.15) is 9.77 Å². The van der Waals surface area contributed by atoms with E-state index in [1.807, 2.05) is 43.3 Å². The lowest BCUT2D eigenvalue weighted by Gasteiger charge is -2.28. The lowest BCUT2D eigenvalue weighted by molar-refractivity contribution is 0.0952. The minimum absolute atomic E-state index is 0.0248. The van der Waals surface area contributed by atoms with E-state index in [0.717, 1.165) is 54.5 Å². The summed E-state index contributed by atoms with van der Waals surface area (Å²) in [6.07, 6.45) is 0. The van der Waals surface area contributed by atoms with E-state index in [0.29, 0.717) is 12.2 Å². The topological polar surface area (TPSA) is 87.7 Å². The third-order valence-electron chi connectivity index (χ3n) is 5.19. The van der Waals surface area contributed by atoms with Crippen LogP contribution in [0, 0.1) is 6.92 Å². The Balaban J connectivity index is 1.40.